The smallest absolute Gasteiger partial charge is 0.0897 e. The van der Waals surface area contributed by atoms with Crippen LogP contribution in [0.2, 0.25) is 0 Å². The lowest BCUT2D eigenvalue weighted by Gasteiger charge is -2.35. The maximum Gasteiger partial charge on any atom is 0.0897 e. The fraction of sp³-hybridized carbons (Fsp3) is 1.00. The van der Waals surface area contributed by atoms with E-state index in [0.29, 0.717) is 13.1 Å². The normalized spacial score (nSPS) is 16.3. The van der Waals surface area contributed by atoms with E-state index in [1.54, 1.807) is 14.7 Å². The molecule has 0 amide bonds. The van der Waals surface area contributed by atoms with Crippen LogP contribution in [0.15, 0.2) is 0 Å². The molecular weight excluding hydrogens is 430 g/mol. The van der Waals surface area contributed by atoms with Crippen LogP contribution in [0.1, 0.15) is 0 Å². The van der Waals surface area contributed by atoms with Gasteiger partial charge in [0.1, 0.15) is 0 Å². The Morgan fingerprint density at radius 1 is 0.406 bits per heavy atom. The summed E-state index contributed by atoms with van der Waals surface area (Å²) in [5.41, 5.74) is 0. The van der Waals surface area contributed by atoms with Gasteiger partial charge in [0.15, 0.2) is 0 Å². The van der Waals surface area contributed by atoms with Crippen LogP contribution in [0.5, 0.6) is 0 Å². The Labute approximate surface area is 189 Å². The molecule has 4 atom stereocenters. The molecule has 194 valence electrons. The minimum absolute atomic E-state index is 0.0435. The Balaban J connectivity index is 5.18. The topological polar surface area (TPSA) is 212 Å². The molecule has 0 heterocycles. The molecule has 4 unspecified atom stereocenters. The SMILES string of the molecule is OCC(O)CN(CCN(CCN(CC(O)CO)CC(O)CO)C(CO)CO)CC(O)CO. The molecule has 0 aliphatic carbocycles. The van der Waals surface area contributed by atoms with E-state index in [4.69, 9.17) is 20.4 Å². The largest absolute Gasteiger partial charge is 0.395 e. The van der Waals surface area contributed by atoms with E-state index in [0.717, 1.165) is 0 Å². The van der Waals surface area contributed by atoms with Crippen molar-refractivity contribution in [1.82, 2.24) is 14.7 Å². The number of rotatable bonds is 21. The quantitative estimate of drug-likeness (QED) is 0.0752. The molecule has 0 aliphatic rings. The highest BCUT2D eigenvalue weighted by atomic mass is 16.3. The molecule has 0 bridgehead atoms. The van der Waals surface area contributed by atoms with Crippen molar-refractivity contribution in [2.45, 2.75) is 30.5 Å². The van der Waals surface area contributed by atoms with Crippen molar-refractivity contribution in [3.8, 4) is 0 Å². The molecule has 0 spiro atoms. The van der Waals surface area contributed by atoms with Gasteiger partial charge in [-0.15, -0.1) is 0 Å². The molecule has 0 aromatic carbocycles. The van der Waals surface area contributed by atoms with Crippen molar-refractivity contribution in [1.29, 1.82) is 0 Å². The second kappa shape index (κ2) is 18.9. The summed E-state index contributed by atoms with van der Waals surface area (Å²) in [6.45, 7) is -1.24. The number of aliphatic hydroxyl groups is 10. The Kier molecular flexibility index (Phi) is 18.6. The van der Waals surface area contributed by atoms with Crippen LogP contribution >= 0.6 is 0 Å². The van der Waals surface area contributed by atoms with E-state index in [1.165, 1.54) is 0 Å². The first-order valence-electron chi connectivity index (χ1n) is 10.8. The van der Waals surface area contributed by atoms with E-state index in [9.17, 15) is 30.6 Å². The van der Waals surface area contributed by atoms with Crippen molar-refractivity contribution in [2.75, 3.05) is 92.0 Å². The van der Waals surface area contributed by atoms with Crippen LogP contribution in [0.4, 0.5) is 0 Å². The van der Waals surface area contributed by atoms with Gasteiger partial charge in [0.25, 0.3) is 0 Å². The third-order valence-electron chi connectivity index (χ3n) is 5.06. The van der Waals surface area contributed by atoms with Crippen molar-refractivity contribution >= 4 is 0 Å². The third-order valence-corrected chi connectivity index (χ3v) is 5.06. The van der Waals surface area contributed by atoms with Crippen LogP contribution in [0, 0.1) is 0 Å². The van der Waals surface area contributed by atoms with E-state index < -0.39 is 56.9 Å². The van der Waals surface area contributed by atoms with Gasteiger partial charge < -0.3 is 51.1 Å². The first-order valence-corrected chi connectivity index (χ1v) is 10.8. The van der Waals surface area contributed by atoms with Gasteiger partial charge in [-0.25, -0.2) is 0 Å². The molecule has 10 N–H and O–H groups in total. The van der Waals surface area contributed by atoms with E-state index in [-0.39, 0.29) is 52.5 Å². The fourth-order valence-corrected chi connectivity index (χ4v) is 3.24. The highest BCUT2D eigenvalue weighted by Gasteiger charge is 2.22. The molecular formula is C19H43N3O10. The van der Waals surface area contributed by atoms with Gasteiger partial charge in [-0.2, -0.15) is 0 Å². The Morgan fingerprint density at radius 3 is 0.906 bits per heavy atom. The summed E-state index contributed by atoms with van der Waals surface area (Å²) in [6, 6.07) is -0.616. The first-order chi connectivity index (χ1) is 15.2. The van der Waals surface area contributed by atoms with Gasteiger partial charge in [-0.3, -0.25) is 14.7 Å². The van der Waals surface area contributed by atoms with Gasteiger partial charge in [0.2, 0.25) is 0 Å². The van der Waals surface area contributed by atoms with Gasteiger partial charge in [0.05, 0.1) is 70.1 Å². The summed E-state index contributed by atoms with van der Waals surface area (Å²) >= 11 is 0. The molecule has 0 fully saturated rings. The Morgan fingerprint density at radius 2 is 0.688 bits per heavy atom. The molecule has 0 aromatic heterocycles. The highest BCUT2D eigenvalue weighted by molar-refractivity contribution is 4.77. The summed E-state index contributed by atoms with van der Waals surface area (Å²) in [6.07, 6.45) is -4.18. The summed E-state index contributed by atoms with van der Waals surface area (Å²) in [7, 11) is 0. The minimum atomic E-state index is -1.05. The molecule has 0 radical (unpaired) electrons. The summed E-state index contributed by atoms with van der Waals surface area (Å²) in [4.78, 5) is 5.04. The minimum Gasteiger partial charge on any atom is -0.395 e. The molecule has 0 saturated heterocycles. The average Bonchev–Trinajstić information content (AvgIpc) is 2.79. The zero-order chi connectivity index (χ0) is 24.5. The monoisotopic (exact) mass is 473 g/mol. The summed E-state index contributed by atoms with van der Waals surface area (Å²) < 4.78 is 0. The van der Waals surface area contributed by atoms with Crippen molar-refractivity contribution in [3.63, 3.8) is 0 Å². The van der Waals surface area contributed by atoms with Crippen molar-refractivity contribution in [2.24, 2.45) is 0 Å². The molecule has 0 rings (SSSR count). The summed E-state index contributed by atoms with van der Waals surface area (Å²) in [5.74, 6) is 0. The lowest BCUT2D eigenvalue weighted by atomic mass is 10.2. The maximum absolute atomic E-state index is 9.75. The molecule has 0 aromatic rings. The highest BCUT2D eigenvalue weighted by Crippen LogP contribution is 2.05. The zero-order valence-corrected chi connectivity index (χ0v) is 18.6. The molecule has 0 saturated carbocycles. The second-order valence-corrected chi connectivity index (χ2v) is 7.92. The van der Waals surface area contributed by atoms with Gasteiger partial charge >= 0.3 is 0 Å². The number of hydrogen-bond acceptors (Lipinski definition) is 13. The van der Waals surface area contributed by atoms with Crippen LogP contribution in [-0.4, -0.2) is 188 Å². The zero-order valence-electron chi connectivity index (χ0n) is 18.6. The predicted molar refractivity (Wildman–Crippen MR) is 115 cm³/mol. The van der Waals surface area contributed by atoms with Gasteiger partial charge in [-0.1, -0.05) is 0 Å². The molecule has 13 nitrogen and oxygen atoms in total. The number of aliphatic hydroxyl groups excluding tert-OH is 10. The van der Waals surface area contributed by atoms with Gasteiger partial charge in [-0.05, 0) is 0 Å². The number of hydrogen-bond donors (Lipinski definition) is 10. The Hall–Kier alpha value is -0.520. The predicted octanol–water partition coefficient (Wildman–Crippen LogP) is -6.34. The fourth-order valence-electron chi connectivity index (χ4n) is 3.24. The van der Waals surface area contributed by atoms with Gasteiger partial charge in [0, 0.05) is 52.4 Å². The lowest BCUT2D eigenvalue weighted by Crippen LogP contribution is -2.51. The molecule has 13 heteroatoms. The second-order valence-electron chi connectivity index (χ2n) is 7.92. The first kappa shape index (κ1) is 31.5. The summed E-state index contributed by atoms with van der Waals surface area (Å²) in [5, 5.41) is 94.7. The van der Waals surface area contributed by atoms with Crippen molar-refractivity contribution in [3.05, 3.63) is 0 Å². The van der Waals surface area contributed by atoms with E-state index in [2.05, 4.69) is 0 Å². The van der Waals surface area contributed by atoms with Crippen molar-refractivity contribution < 1.29 is 51.1 Å². The number of nitrogens with zero attached hydrogens (tertiary/aromatic N) is 3. The third kappa shape index (κ3) is 13.9. The van der Waals surface area contributed by atoms with Crippen LogP contribution in [-0.2, 0) is 0 Å². The average molecular weight is 474 g/mol. The van der Waals surface area contributed by atoms with E-state index >= 15 is 0 Å². The Bertz CT molecular complexity index is 380. The van der Waals surface area contributed by atoms with E-state index in [1.807, 2.05) is 0 Å². The van der Waals surface area contributed by atoms with Crippen LogP contribution < -0.4 is 0 Å². The maximum atomic E-state index is 9.75. The van der Waals surface area contributed by atoms with Crippen LogP contribution in [0.25, 0.3) is 0 Å². The van der Waals surface area contributed by atoms with Crippen LogP contribution in [0.3, 0.4) is 0 Å². The standard InChI is InChI=1S/C19H43N3O10/c23-9-15(10-24)22(3-1-20(5-16(29)11-25)6-17(30)12-26)4-2-21(7-18(31)13-27)8-19(32)14-28/h15-19,23-32H,1-14H2. The molecule has 32 heavy (non-hydrogen) atoms. The lowest BCUT2D eigenvalue weighted by molar-refractivity contribution is 0.00341. The molecule has 0 aliphatic heterocycles.